The number of esters is 1. The number of aryl methyl sites for hydroxylation is 1. The lowest BCUT2D eigenvalue weighted by Crippen LogP contribution is -2.38. The molecule has 1 aliphatic heterocycles. The van der Waals surface area contributed by atoms with Crippen molar-refractivity contribution in [2.75, 3.05) is 0 Å². The normalized spacial score (nSPS) is 16.4. The van der Waals surface area contributed by atoms with E-state index in [1.807, 2.05) is 48.5 Å². The Morgan fingerprint density at radius 2 is 1.89 bits per heavy atom. The van der Waals surface area contributed by atoms with Gasteiger partial charge in [0.25, 0.3) is 5.56 Å². The summed E-state index contributed by atoms with van der Waals surface area (Å²) in [5.74, 6) is 0.0427. The first-order valence-electron chi connectivity index (χ1n) is 11.9. The Kier molecular flexibility index (Phi) is 7.08. The molecule has 0 N–H and O–H groups in total. The molecule has 3 aromatic carbocycles. The van der Waals surface area contributed by atoms with Crippen LogP contribution in [0.3, 0.4) is 0 Å². The van der Waals surface area contributed by atoms with Crippen molar-refractivity contribution in [1.82, 2.24) is 4.57 Å². The van der Waals surface area contributed by atoms with Gasteiger partial charge in [-0.05, 0) is 105 Å². The molecule has 2 heterocycles. The third-order valence-electron chi connectivity index (χ3n) is 6.63. The van der Waals surface area contributed by atoms with Gasteiger partial charge in [-0.2, -0.15) is 0 Å². The van der Waals surface area contributed by atoms with E-state index < -0.39 is 5.97 Å². The average molecular weight is 765 g/mol. The first-order valence-corrected chi connectivity index (χ1v) is 15.2. The quantitative estimate of drug-likeness (QED) is 0.144. The fraction of sp³-hybridized carbons (Fsp3) is 0.138. The van der Waals surface area contributed by atoms with Crippen molar-refractivity contribution >= 4 is 85.9 Å². The number of hydrogen-bond donors (Lipinski definition) is 0. The number of halogens is 3. The van der Waals surface area contributed by atoms with Gasteiger partial charge in [0.2, 0.25) is 0 Å². The Morgan fingerprint density at radius 1 is 1.13 bits per heavy atom. The second-order valence-corrected chi connectivity index (χ2v) is 12.9. The highest BCUT2D eigenvalue weighted by Gasteiger charge is 2.32. The van der Waals surface area contributed by atoms with Crippen LogP contribution in [0.2, 0.25) is 5.02 Å². The van der Waals surface area contributed by atoms with E-state index in [-0.39, 0.29) is 11.6 Å². The zero-order valence-corrected chi connectivity index (χ0v) is 25.9. The zero-order valence-electron chi connectivity index (χ0n) is 20.0. The van der Waals surface area contributed by atoms with Gasteiger partial charge in [0.05, 0.1) is 19.8 Å². The Bertz CT molecular complexity index is 1840. The molecule has 0 saturated heterocycles. The molecule has 4 aromatic rings. The number of benzene rings is 3. The SMILES string of the molecule is CC(=O)Oc1c(I)cc(I)cc1/C=c1/sc2n(c1=O)[C@H](c1ccc(Cl)cc1)C1=C(N=2)c2ccccc2CC1. The first-order chi connectivity index (χ1) is 18.3. The Balaban J connectivity index is 1.62. The number of carbonyl (C=O) groups excluding carboxylic acids is 1. The number of nitrogens with zero attached hydrogens (tertiary/aromatic N) is 2. The number of aromatic nitrogens is 1. The van der Waals surface area contributed by atoms with Gasteiger partial charge in [0.15, 0.2) is 10.6 Å². The summed E-state index contributed by atoms with van der Waals surface area (Å²) in [5, 5.41) is 0.649. The van der Waals surface area contributed by atoms with Gasteiger partial charge in [-0.1, -0.05) is 59.3 Å². The summed E-state index contributed by atoms with van der Waals surface area (Å²) in [5.41, 5.74) is 6.02. The monoisotopic (exact) mass is 764 g/mol. The van der Waals surface area contributed by atoms with Crippen LogP contribution in [0.4, 0.5) is 0 Å². The van der Waals surface area contributed by atoms with Crippen molar-refractivity contribution in [3.05, 3.63) is 120 Å². The number of allylic oxidation sites excluding steroid dienone is 1. The van der Waals surface area contributed by atoms with Crippen LogP contribution in [0.1, 0.15) is 41.6 Å². The average Bonchev–Trinajstić information content (AvgIpc) is 3.19. The molecular weight excluding hydrogens is 746 g/mol. The minimum Gasteiger partial charge on any atom is -0.425 e. The van der Waals surface area contributed by atoms with E-state index in [9.17, 15) is 9.59 Å². The minimum atomic E-state index is -0.408. The van der Waals surface area contributed by atoms with Crippen LogP contribution >= 0.6 is 68.1 Å². The number of hydrogen-bond acceptors (Lipinski definition) is 5. The van der Waals surface area contributed by atoms with E-state index in [4.69, 9.17) is 21.3 Å². The fourth-order valence-corrected chi connectivity index (χ4v) is 8.17. The molecule has 5 nitrogen and oxygen atoms in total. The summed E-state index contributed by atoms with van der Waals surface area (Å²) in [6.07, 6.45) is 3.52. The van der Waals surface area contributed by atoms with E-state index in [1.165, 1.54) is 23.8 Å². The first kappa shape index (κ1) is 26.0. The molecule has 0 spiro atoms. The van der Waals surface area contributed by atoms with Crippen LogP contribution in [-0.4, -0.2) is 10.5 Å². The molecular formula is C29H19ClI2N2O3S. The predicted molar refractivity (Wildman–Crippen MR) is 167 cm³/mol. The maximum Gasteiger partial charge on any atom is 0.308 e. The fourth-order valence-electron chi connectivity index (χ4n) is 5.05. The van der Waals surface area contributed by atoms with Gasteiger partial charge in [-0.25, -0.2) is 4.99 Å². The highest BCUT2D eigenvalue weighted by molar-refractivity contribution is 14.1. The van der Waals surface area contributed by atoms with Gasteiger partial charge in [0, 0.05) is 26.6 Å². The lowest BCUT2D eigenvalue weighted by molar-refractivity contribution is -0.131. The predicted octanol–water partition coefficient (Wildman–Crippen LogP) is 6.11. The molecule has 0 fully saturated rings. The van der Waals surface area contributed by atoms with Crippen molar-refractivity contribution < 1.29 is 9.53 Å². The molecule has 1 aromatic heterocycles. The molecule has 9 heteroatoms. The van der Waals surface area contributed by atoms with Crippen LogP contribution in [0.5, 0.6) is 5.75 Å². The van der Waals surface area contributed by atoms with Gasteiger partial charge in [-0.15, -0.1) is 0 Å². The molecule has 0 saturated carbocycles. The molecule has 38 heavy (non-hydrogen) atoms. The van der Waals surface area contributed by atoms with Crippen LogP contribution in [0.15, 0.2) is 76.0 Å². The van der Waals surface area contributed by atoms with Crippen LogP contribution in [0, 0.1) is 7.14 Å². The second-order valence-electron chi connectivity index (χ2n) is 9.06. The van der Waals surface area contributed by atoms with Gasteiger partial charge in [-0.3, -0.25) is 14.2 Å². The number of thiazole rings is 1. The van der Waals surface area contributed by atoms with Gasteiger partial charge >= 0.3 is 5.97 Å². The molecule has 0 bridgehead atoms. The summed E-state index contributed by atoms with van der Waals surface area (Å²) in [4.78, 5) is 31.5. The van der Waals surface area contributed by atoms with Crippen LogP contribution in [-0.2, 0) is 11.2 Å². The van der Waals surface area contributed by atoms with E-state index in [0.29, 0.717) is 25.7 Å². The molecule has 6 rings (SSSR count). The Morgan fingerprint density at radius 3 is 2.66 bits per heavy atom. The zero-order chi connectivity index (χ0) is 26.6. The Labute approximate surface area is 254 Å². The minimum absolute atomic E-state index is 0.123. The van der Waals surface area contributed by atoms with Crippen LogP contribution < -0.4 is 19.6 Å². The van der Waals surface area contributed by atoms with E-state index in [0.717, 1.165) is 42.4 Å². The molecule has 2 aliphatic rings. The van der Waals surface area contributed by atoms with E-state index in [2.05, 4.69) is 63.4 Å². The molecule has 0 radical (unpaired) electrons. The molecule has 1 atom stereocenters. The summed E-state index contributed by atoms with van der Waals surface area (Å²) >= 11 is 11.9. The summed E-state index contributed by atoms with van der Waals surface area (Å²) in [6.45, 7) is 1.38. The van der Waals surface area contributed by atoms with Crippen molar-refractivity contribution in [3.63, 3.8) is 0 Å². The number of ether oxygens (including phenoxy) is 1. The van der Waals surface area contributed by atoms with Crippen LogP contribution in [0.25, 0.3) is 11.8 Å². The maximum atomic E-state index is 14.0. The topological polar surface area (TPSA) is 60.7 Å². The third kappa shape index (κ3) is 4.69. The van der Waals surface area contributed by atoms with Gasteiger partial charge < -0.3 is 4.74 Å². The molecule has 190 valence electrons. The van der Waals surface area contributed by atoms with Crippen molar-refractivity contribution in [2.24, 2.45) is 4.99 Å². The second kappa shape index (κ2) is 10.4. The third-order valence-corrected chi connectivity index (χ3v) is 9.29. The Hall–Kier alpha value is -2.28. The number of rotatable bonds is 3. The summed E-state index contributed by atoms with van der Waals surface area (Å²) < 4.78 is 9.65. The summed E-state index contributed by atoms with van der Waals surface area (Å²) in [6, 6.07) is 19.6. The van der Waals surface area contributed by atoms with Crippen molar-refractivity contribution in [1.29, 1.82) is 0 Å². The number of carbonyl (C=O) groups is 1. The highest BCUT2D eigenvalue weighted by atomic mass is 127. The largest absolute Gasteiger partial charge is 0.425 e. The lowest BCUT2D eigenvalue weighted by Gasteiger charge is -2.30. The maximum absolute atomic E-state index is 14.0. The molecule has 1 aliphatic carbocycles. The summed E-state index contributed by atoms with van der Waals surface area (Å²) in [7, 11) is 0. The highest BCUT2D eigenvalue weighted by Crippen LogP contribution is 2.41. The van der Waals surface area contributed by atoms with Gasteiger partial charge in [0.1, 0.15) is 0 Å². The van der Waals surface area contributed by atoms with E-state index in [1.54, 1.807) is 4.57 Å². The van der Waals surface area contributed by atoms with Crippen molar-refractivity contribution in [2.45, 2.75) is 25.8 Å². The van der Waals surface area contributed by atoms with Crippen molar-refractivity contribution in [3.8, 4) is 5.75 Å². The molecule has 0 amide bonds. The van der Waals surface area contributed by atoms with E-state index >= 15 is 0 Å². The standard InChI is InChI=1S/C29H19ClI2N2O3S/c1-15(35)37-27-18(12-20(31)14-23(27)32)13-24-28(36)34-26(17-6-9-19(30)10-7-17)22-11-8-16-4-2-3-5-21(16)25(22)33-29(34)38-24/h2-7,9-10,12-14,26H,8,11H2,1H3/b24-13+/t26-/m1/s1. The molecule has 0 unspecified atom stereocenters. The lowest BCUT2D eigenvalue weighted by atomic mass is 9.83. The smallest absolute Gasteiger partial charge is 0.308 e. The number of fused-ring (bicyclic) bond motifs is 3.